The Balaban J connectivity index is 2.12. The fourth-order valence-corrected chi connectivity index (χ4v) is 3.09. The number of halogens is 3. The van der Waals surface area contributed by atoms with Gasteiger partial charge >= 0.3 is 0 Å². The number of alkyl halides is 3. The molecule has 2 unspecified atom stereocenters. The molecule has 0 aliphatic rings. The first-order valence-electron chi connectivity index (χ1n) is 7.16. The van der Waals surface area contributed by atoms with Gasteiger partial charge in [0.25, 0.3) is 5.91 Å². The zero-order valence-electron chi connectivity index (χ0n) is 12.6. The van der Waals surface area contributed by atoms with E-state index in [4.69, 9.17) is 28.9 Å². The predicted octanol–water partition coefficient (Wildman–Crippen LogP) is 3.17. The molecule has 0 saturated heterocycles. The third-order valence-electron chi connectivity index (χ3n) is 3.51. The fourth-order valence-electron chi connectivity index (χ4n) is 2.19. The minimum absolute atomic E-state index is 0.483. The highest BCUT2D eigenvalue weighted by Crippen LogP contribution is 2.27. The van der Waals surface area contributed by atoms with Crippen molar-refractivity contribution in [2.24, 2.45) is 5.73 Å². The average Bonchev–Trinajstić information content (AvgIpc) is 3.08. The number of amides is 1. The van der Waals surface area contributed by atoms with E-state index in [9.17, 15) is 14.3 Å². The van der Waals surface area contributed by atoms with Crippen LogP contribution in [0.4, 0.5) is 4.39 Å². The van der Waals surface area contributed by atoms with Crippen molar-refractivity contribution in [1.29, 1.82) is 0 Å². The lowest BCUT2D eigenvalue weighted by molar-refractivity contribution is -0.121. The summed E-state index contributed by atoms with van der Waals surface area (Å²) in [5.74, 6) is -0.746. The van der Waals surface area contributed by atoms with Gasteiger partial charge in [0.2, 0.25) is 0 Å². The molecule has 0 bridgehead atoms. The van der Waals surface area contributed by atoms with E-state index in [-0.39, 0.29) is 0 Å². The highest BCUT2D eigenvalue weighted by atomic mass is 35.5. The summed E-state index contributed by atoms with van der Waals surface area (Å²) < 4.78 is 13.1. The number of hydrogen-bond donors (Lipinski definition) is 3. The van der Waals surface area contributed by atoms with Crippen molar-refractivity contribution in [3.05, 3.63) is 46.2 Å². The van der Waals surface area contributed by atoms with E-state index in [1.165, 1.54) is 0 Å². The van der Waals surface area contributed by atoms with Crippen LogP contribution in [0.5, 0.6) is 0 Å². The number of aliphatic hydroxyl groups is 1. The molecule has 2 atom stereocenters. The molecule has 0 aliphatic heterocycles. The van der Waals surface area contributed by atoms with Crippen LogP contribution in [-0.4, -0.2) is 28.6 Å². The number of nitrogens with one attached hydrogen (secondary N) is 1. The van der Waals surface area contributed by atoms with Crippen LogP contribution in [0.25, 0.3) is 11.1 Å². The quantitative estimate of drug-likeness (QED) is 0.635. The summed E-state index contributed by atoms with van der Waals surface area (Å²) in [6, 6.07) is 7.91. The van der Waals surface area contributed by atoms with Gasteiger partial charge in [-0.05, 0) is 28.1 Å². The first-order chi connectivity index (χ1) is 11.5. The van der Waals surface area contributed by atoms with E-state index in [0.717, 1.165) is 16.0 Å². The van der Waals surface area contributed by atoms with Crippen molar-refractivity contribution >= 4 is 40.4 Å². The van der Waals surface area contributed by atoms with Crippen molar-refractivity contribution in [1.82, 2.24) is 5.32 Å². The molecule has 0 spiro atoms. The molecule has 4 nitrogen and oxygen atoms in total. The standard InChI is InChI=1S/C16H17Cl2FN2O2S/c17-15(18)16(23)21-13(6-19)14(22)10-3-1-9(2-4-10)11-5-12(7-20)24-8-11/h1-5,8,13-15,22H,6-7,20H2,(H,21,23). The van der Waals surface area contributed by atoms with Crippen molar-refractivity contribution < 1.29 is 14.3 Å². The molecule has 1 aromatic heterocycles. The molecule has 0 aliphatic carbocycles. The van der Waals surface area contributed by atoms with Crippen LogP contribution in [0.15, 0.2) is 35.7 Å². The summed E-state index contributed by atoms with van der Waals surface area (Å²) in [5.41, 5.74) is 8.08. The van der Waals surface area contributed by atoms with Crippen molar-refractivity contribution in [2.45, 2.75) is 23.5 Å². The maximum absolute atomic E-state index is 13.1. The van der Waals surface area contributed by atoms with Gasteiger partial charge in [-0.2, -0.15) is 0 Å². The monoisotopic (exact) mass is 390 g/mol. The molecule has 1 heterocycles. The van der Waals surface area contributed by atoms with Gasteiger partial charge < -0.3 is 16.2 Å². The van der Waals surface area contributed by atoms with E-state index in [2.05, 4.69) is 5.32 Å². The topological polar surface area (TPSA) is 75.3 Å². The first-order valence-corrected chi connectivity index (χ1v) is 8.92. The van der Waals surface area contributed by atoms with Crippen LogP contribution >= 0.6 is 34.5 Å². The average molecular weight is 391 g/mol. The van der Waals surface area contributed by atoms with Crippen molar-refractivity contribution in [3.8, 4) is 11.1 Å². The number of thiophene rings is 1. The second-order valence-corrected chi connectivity index (χ2v) is 7.23. The van der Waals surface area contributed by atoms with Crippen LogP contribution < -0.4 is 11.1 Å². The number of aliphatic hydroxyl groups excluding tert-OH is 1. The lowest BCUT2D eigenvalue weighted by Crippen LogP contribution is -2.43. The first kappa shape index (κ1) is 19.1. The van der Waals surface area contributed by atoms with Gasteiger partial charge in [0, 0.05) is 11.4 Å². The Bertz CT molecular complexity index is 679. The Kier molecular flexibility index (Phi) is 7.01. The molecule has 4 N–H and O–H groups in total. The molecule has 0 saturated carbocycles. The molecule has 1 aromatic carbocycles. The molecule has 8 heteroatoms. The molecule has 2 aromatic rings. The molecule has 0 fully saturated rings. The van der Waals surface area contributed by atoms with Crippen LogP contribution in [0, 0.1) is 0 Å². The normalized spacial score (nSPS) is 13.8. The minimum Gasteiger partial charge on any atom is -0.386 e. The number of carbonyl (C=O) groups is 1. The van der Waals surface area contributed by atoms with Gasteiger partial charge in [-0.1, -0.05) is 47.5 Å². The summed E-state index contributed by atoms with van der Waals surface area (Å²) in [5, 5.41) is 14.5. The fraction of sp³-hybridized carbons (Fsp3) is 0.312. The molecule has 2 rings (SSSR count). The van der Waals surface area contributed by atoms with Crippen LogP contribution in [0.3, 0.4) is 0 Å². The lowest BCUT2D eigenvalue weighted by Gasteiger charge is -2.22. The summed E-state index contributed by atoms with van der Waals surface area (Å²) in [6.07, 6.45) is -1.21. The second-order valence-electron chi connectivity index (χ2n) is 5.14. The molecule has 0 radical (unpaired) electrons. The van der Waals surface area contributed by atoms with Crippen molar-refractivity contribution in [3.63, 3.8) is 0 Å². The predicted molar refractivity (Wildman–Crippen MR) is 96.0 cm³/mol. The second kappa shape index (κ2) is 8.78. The minimum atomic E-state index is -1.32. The van der Waals surface area contributed by atoms with Gasteiger partial charge in [-0.15, -0.1) is 11.3 Å². The third-order valence-corrected chi connectivity index (χ3v) is 4.87. The SMILES string of the molecule is NCc1cc(-c2ccc(C(O)C(CF)NC(=O)C(Cl)Cl)cc2)cs1. The number of nitrogens with two attached hydrogens (primary N) is 1. The Morgan fingerprint density at radius 2 is 1.96 bits per heavy atom. The highest BCUT2D eigenvalue weighted by Gasteiger charge is 2.25. The highest BCUT2D eigenvalue weighted by molar-refractivity contribution is 7.10. The Hall–Kier alpha value is -1.18. The largest absolute Gasteiger partial charge is 0.386 e. The van der Waals surface area contributed by atoms with Crippen LogP contribution in [0.1, 0.15) is 16.5 Å². The van der Waals surface area contributed by atoms with Gasteiger partial charge in [0.1, 0.15) is 12.8 Å². The van der Waals surface area contributed by atoms with E-state index in [1.807, 2.05) is 23.6 Å². The number of rotatable bonds is 7. The van der Waals surface area contributed by atoms with E-state index in [1.54, 1.807) is 23.5 Å². The van der Waals surface area contributed by atoms with Crippen LogP contribution in [0.2, 0.25) is 0 Å². The van der Waals surface area contributed by atoms with E-state index < -0.39 is 29.6 Å². The van der Waals surface area contributed by atoms with Gasteiger partial charge in [0.15, 0.2) is 4.84 Å². The van der Waals surface area contributed by atoms with Gasteiger partial charge in [-0.3, -0.25) is 4.79 Å². The summed E-state index contributed by atoms with van der Waals surface area (Å²) >= 11 is 12.4. The number of benzene rings is 1. The molecular weight excluding hydrogens is 374 g/mol. The molecule has 1 amide bonds. The summed E-state index contributed by atoms with van der Waals surface area (Å²) in [7, 11) is 0. The number of carbonyl (C=O) groups excluding carboxylic acids is 1. The van der Waals surface area contributed by atoms with E-state index in [0.29, 0.717) is 12.1 Å². The lowest BCUT2D eigenvalue weighted by atomic mass is 10.00. The smallest absolute Gasteiger partial charge is 0.253 e. The maximum Gasteiger partial charge on any atom is 0.253 e. The van der Waals surface area contributed by atoms with Gasteiger partial charge in [0.05, 0.1) is 6.04 Å². The van der Waals surface area contributed by atoms with Gasteiger partial charge in [-0.25, -0.2) is 4.39 Å². The molecule has 130 valence electrons. The zero-order chi connectivity index (χ0) is 17.7. The zero-order valence-corrected chi connectivity index (χ0v) is 14.9. The third kappa shape index (κ3) is 4.68. The maximum atomic E-state index is 13.1. The van der Waals surface area contributed by atoms with Crippen molar-refractivity contribution in [2.75, 3.05) is 6.67 Å². The number of hydrogen-bond acceptors (Lipinski definition) is 4. The Morgan fingerprint density at radius 1 is 1.29 bits per heavy atom. The molecular formula is C16H17Cl2FN2O2S. The van der Waals surface area contributed by atoms with Crippen LogP contribution in [-0.2, 0) is 11.3 Å². The Labute approximate surface area is 153 Å². The summed E-state index contributed by atoms with van der Waals surface area (Å²) in [6.45, 7) is -0.457. The van der Waals surface area contributed by atoms with E-state index >= 15 is 0 Å². The summed E-state index contributed by atoms with van der Waals surface area (Å²) in [4.78, 5) is 11.2. The molecule has 24 heavy (non-hydrogen) atoms. The Morgan fingerprint density at radius 3 is 2.46 bits per heavy atom.